The Morgan fingerprint density at radius 3 is 2.00 bits per heavy atom. The lowest BCUT2D eigenvalue weighted by Gasteiger charge is -2.55. The molecule has 0 aliphatic heterocycles. The van der Waals surface area contributed by atoms with Crippen LogP contribution in [0.5, 0.6) is 11.6 Å². The number of Topliss-reactive ketones (excluding diaryl/α,β-unsaturated/α-hetero) is 2. The van der Waals surface area contributed by atoms with Crippen LogP contribution in [0.15, 0.2) is 70.8 Å². The molecule has 4 atom stereocenters. The summed E-state index contributed by atoms with van der Waals surface area (Å²) in [6.07, 6.45) is 2.04. The Kier molecular flexibility index (Phi) is 14.7. The van der Waals surface area contributed by atoms with E-state index in [9.17, 15) is 5.11 Å². The average molecular weight is 926 g/mol. The van der Waals surface area contributed by atoms with Crippen molar-refractivity contribution >= 4 is 31.3 Å². The van der Waals surface area contributed by atoms with E-state index in [4.69, 9.17) is 27.9 Å². The molecule has 0 radical (unpaired) electrons. The van der Waals surface area contributed by atoms with Crippen molar-refractivity contribution in [1.82, 2.24) is 10.1 Å². The van der Waals surface area contributed by atoms with Crippen molar-refractivity contribution in [3.8, 4) is 11.6 Å². The maximum Gasteiger partial charge on any atom is 0.265 e. The summed E-state index contributed by atoms with van der Waals surface area (Å²) in [5.41, 5.74) is 0.565. The minimum atomic E-state index is -3.00. The van der Waals surface area contributed by atoms with Gasteiger partial charge in [0.05, 0.1) is 36.1 Å². The van der Waals surface area contributed by atoms with Crippen LogP contribution in [0.4, 0.5) is 10.1 Å². The number of benzene rings is 3. The molecule has 12 nitrogen and oxygen atoms in total. The molecule has 4 aromatic rings. The molecule has 0 spiro atoms. The average Bonchev–Trinajstić information content (AvgIpc) is 3.69. The molecule has 356 valence electrons. The molecule has 1 N–H and O–H groups in total. The molecule has 0 amide bonds. The van der Waals surface area contributed by atoms with Crippen LogP contribution < -0.4 is 14.4 Å². The Morgan fingerprint density at radius 1 is 0.894 bits per heavy atom. The van der Waals surface area contributed by atoms with Crippen molar-refractivity contribution in [2.24, 2.45) is 11.8 Å². The number of halogens is 1. The van der Waals surface area contributed by atoms with Gasteiger partial charge in [0.2, 0.25) is 11.6 Å². The third kappa shape index (κ3) is 8.75. The lowest BCUT2D eigenvalue weighted by molar-refractivity contribution is -0.140. The van der Waals surface area contributed by atoms with Crippen molar-refractivity contribution in [1.29, 1.82) is 0 Å². The van der Waals surface area contributed by atoms with Crippen molar-refractivity contribution in [3.63, 3.8) is 0 Å². The van der Waals surface area contributed by atoms with Gasteiger partial charge in [-0.15, -0.1) is 0 Å². The molecule has 0 unspecified atom stereocenters. The summed E-state index contributed by atoms with van der Waals surface area (Å²) >= 11 is 0. The summed E-state index contributed by atoms with van der Waals surface area (Å²) in [5.74, 6) is -3.35. The number of carbonyl (C=O) groups is 2. The first-order valence-electron chi connectivity index (χ1n) is 23.4. The van der Waals surface area contributed by atoms with Gasteiger partial charge >= 0.3 is 0 Å². The van der Waals surface area contributed by atoms with Crippen LogP contribution in [-0.2, 0) is 38.2 Å². The third-order valence-electron chi connectivity index (χ3n) is 14.1. The number of rotatable bonds is 19. The summed E-state index contributed by atoms with van der Waals surface area (Å²) in [6.45, 7) is 15.4. The van der Waals surface area contributed by atoms with Gasteiger partial charge in [0.15, 0.2) is 31.7 Å². The van der Waals surface area contributed by atoms with Crippen molar-refractivity contribution in [3.05, 3.63) is 111 Å². The van der Waals surface area contributed by atoms with Gasteiger partial charge in [-0.25, -0.2) is 4.39 Å². The molecule has 3 aliphatic rings. The lowest BCUT2D eigenvalue weighted by atomic mass is 9.57. The van der Waals surface area contributed by atoms with Crippen LogP contribution in [0.1, 0.15) is 123 Å². The number of nitrogens with zero attached hydrogens (tertiary/aromatic N) is 3. The zero-order valence-electron chi connectivity index (χ0n) is 40.6. The van der Waals surface area contributed by atoms with E-state index in [1.807, 2.05) is 112 Å². The number of hydrogen-bond donors (Lipinski definition) is 1. The number of unbranched alkanes of at least 4 members (excludes halogenated alkanes) is 2. The first-order chi connectivity index (χ1) is 31.5. The fourth-order valence-electron chi connectivity index (χ4n) is 9.77. The van der Waals surface area contributed by atoms with Gasteiger partial charge in [0.1, 0.15) is 17.1 Å². The molecule has 1 aromatic heterocycles. The molecule has 3 aliphatic carbocycles. The van der Waals surface area contributed by atoms with E-state index < -0.39 is 66.3 Å². The number of aliphatic hydroxyl groups excluding tert-OH is 1. The fraction of sp³-hybridized carbons (Fsp3) is 0.519. The summed E-state index contributed by atoms with van der Waals surface area (Å²) in [7, 11) is 3.65. The molecule has 0 bridgehead atoms. The van der Waals surface area contributed by atoms with Crippen LogP contribution in [0, 0.1) is 17.7 Å². The SMILES string of the molecule is CCCCOc1noc2c1C(=O)[C@@]1(O[Si](C)(C)C(C)(C)C)C(=O)C3=C(O)c4c(c(F)c(C(OC)OC)c(N(Cc5ccccc5)Cc5ccccc5)c4OCCCC)C[C@H]3C[C@H]1[C@@H]2N(C)C. The standard InChI is InChI=1S/C52H68FN3O9Si/c1-12-14-26-62-45-38-35(41(53)39(50(60-8)61-9)43(45)56(30-32-22-18-16-19-23-32)31-33-24-20-17-21-25-33)28-34-29-36-42(55(6)7)46-40(49(54-64-46)63-27-15-13-2)48(59)52(36,47(58)37(34)44(38)57)65-66(10,11)51(3,4)5/h16-25,34,36,42,50,57H,12-15,26-31H2,1-11H3/t34-,36-,42-,52-/m0/s1. The number of aliphatic hydroxyl groups is 1. The van der Waals surface area contributed by atoms with Crippen molar-refractivity contribution in [2.75, 3.05) is 46.4 Å². The number of ketones is 2. The van der Waals surface area contributed by atoms with Crippen molar-refractivity contribution in [2.45, 2.75) is 122 Å². The number of anilines is 1. The smallest absolute Gasteiger partial charge is 0.265 e. The molecular formula is C52H68FN3O9Si. The van der Waals surface area contributed by atoms with E-state index in [2.05, 4.69) is 25.9 Å². The number of ether oxygens (including phenoxy) is 4. The Labute approximate surface area is 390 Å². The number of carbonyl (C=O) groups excluding carboxylic acids is 2. The molecule has 7 rings (SSSR count). The predicted octanol–water partition coefficient (Wildman–Crippen LogP) is 11.0. The van der Waals surface area contributed by atoms with E-state index in [-0.39, 0.29) is 58.9 Å². The second-order valence-corrected chi connectivity index (χ2v) is 24.4. The van der Waals surface area contributed by atoms with Gasteiger partial charge in [-0.1, -0.05) is 108 Å². The topological polar surface area (TPSA) is 133 Å². The summed E-state index contributed by atoms with van der Waals surface area (Å²) in [5, 5.41) is 17.0. The number of methoxy groups -OCH3 is 2. The van der Waals surface area contributed by atoms with Crippen LogP contribution in [0.3, 0.4) is 0 Å². The molecule has 1 saturated carbocycles. The Bertz CT molecular complexity index is 2370. The summed E-state index contributed by atoms with van der Waals surface area (Å²) < 4.78 is 56.3. The predicted molar refractivity (Wildman–Crippen MR) is 255 cm³/mol. The van der Waals surface area contributed by atoms with Gasteiger partial charge in [-0.3, -0.25) is 14.5 Å². The van der Waals surface area contributed by atoms with Gasteiger partial charge in [0.25, 0.3) is 5.88 Å². The summed E-state index contributed by atoms with van der Waals surface area (Å²) in [4.78, 5) is 35.9. The second kappa shape index (κ2) is 19.8. The third-order valence-corrected chi connectivity index (χ3v) is 18.5. The van der Waals surface area contributed by atoms with Gasteiger partial charge in [0, 0.05) is 44.4 Å². The Hall–Kier alpha value is -4.86. The molecule has 1 fully saturated rings. The number of hydrogen-bond acceptors (Lipinski definition) is 12. The minimum absolute atomic E-state index is 0.0108. The Balaban J connectivity index is 1.53. The van der Waals surface area contributed by atoms with Crippen molar-refractivity contribution < 1.29 is 47.0 Å². The minimum Gasteiger partial charge on any atom is -0.507 e. The summed E-state index contributed by atoms with van der Waals surface area (Å²) in [6, 6.07) is 19.0. The number of aromatic nitrogens is 1. The molecule has 1 heterocycles. The van der Waals surface area contributed by atoms with Crippen LogP contribution >= 0.6 is 0 Å². The quantitative estimate of drug-likeness (QED) is 0.0415. The monoisotopic (exact) mass is 925 g/mol. The van der Waals surface area contributed by atoms with Crippen LogP contribution in [-0.4, -0.2) is 82.2 Å². The first-order valence-corrected chi connectivity index (χ1v) is 26.3. The second-order valence-electron chi connectivity index (χ2n) is 19.7. The van der Waals surface area contributed by atoms with E-state index in [1.54, 1.807) is 0 Å². The van der Waals surface area contributed by atoms with E-state index in [0.29, 0.717) is 44.0 Å². The largest absolute Gasteiger partial charge is 0.507 e. The highest BCUT2D eigenvalue weighted by Gasteiger charge is 2.69. The molecule has 14 heteroatoms. The first kappa shape index (κ1) is 49.1. The molecule has 3 aromatic carbocycles. The molecule has 66 heavy (non-hydrogen) atoms. The highest BCUT2D eigenvalue weighted by Crippen LogP contribution is 2.60. The van der Waals surface area contributed by atoms with E-state index in [0.717, 1.165) is 24.0 Å². The van der Waals surface area contributed by atoms with Crippen LogP contribution in [0.25, 0.3) is 5.76 Å². The lowest BCUT2D eigenvalue weighted by Crippen LogP contribution is -2.68. The maximum atomic E-state index is 18.3. The van der Waals surface area contributed by atoms with E-state index >= 15 is 14.0 Å². The van der Waals surface area contributed by atoms with Crippen LogP contribution in [0.2, 0.25) is 18.1 Å². The van der Waals surface area contributed by atoms with Gasteiger partial charge in [-0.2, -0.15) is 0 Å². The number of fused-ring (bicyclic) bond motifs is 4. The van der Waals surface area contributed by atoms with Gasteiger partial charge in [-0.05, 0) is 80.1 Å². The molecule has 0 saturated heterocycles. The maximum absolute atomic E-state index is 18.3. The van der Waals surface area contributed by atoms with Gasteiger partial charge < -0.3 is 37.9 Å². The highest BCUT2D eigenvalue weighted by atomic mass is 28.4. The fourth-order valence-corrected chi connectivity index (χ4v) is 11.2. The zero-order valence-corrected chi connectivity index (χ0v) is 41.6. The molecular weight excluding hydrogens is 858 g/mol. The highest BCUT2D eigenvalue weighted by molar-refractivity contribution is 6.74. The Morgan fingerprint density at radius 2 is 1.47 bits per heavy atom. The normalized spacial score (nSPS) is 20.6. The zero-order chi connectivity index (χ0) is 47.7. The van der Waals surface area contributed by atoms with E-state index in [1.165, 1.54) is 14.2 Å².